The number of β-lactam (4-membered cyclic amide) rings is 1. The van der Waals surface area contributed by atoms with Crippen molar-refractivity contribution in [2.24, 2.45) is 11.1 Å². The molecule has 19 heteroatoms. The standard InChI is InChI=1S/C32H31ClN8O5S3.CH2O2/c1-46-37-24(25-27(33)49-32(35)36-25)23(42)11-21-29(43)41-26(31(44)45)19(16-48-30(21)41)13-38-8-5-22-17(12-38)4-9-40(22)14-20-10-18(15-47-20)28(34)39-6-2-3-7-39;2-1-3/h4-5,8-10,12,15,21,30,34H,2-3,6-7,11,13-14,16H2,1H3,(H2-,35,36,44,45);1H,(H,2,3)/b34-28?,37-24+;/t21-,30-;/m1./s1. The quantitative estimate of drug-likeness (QED) is 0.0502. The highest BCUT2D eigenvalue weighted by Gasteiger charge is 2.53. The number of amidine groups is 1. The Morgan fingerprint density at radius 3 is 2.73 bits per heavy atom. The highest BCUT2D eigenvalue weighted by Crippen LogP contribution is 2.45. The average molecular weight is 785 g/mol. The van der Waals surface area contributed by atoms with Gasteiger partial charge in [-0.25, -0.2) is 9.55 Å². The molecule has 0 unspecified atom stereocenters. The predicted octanol–water partition coefficient (Wildman–Crippen LogP) is 2.40. The zero-order valence-electron chi connectivity index (χ0n) is 27.7. The molecule has 4 aromatic rings. The number of nitrogens with two attached hydrogens (primary N) is 1. The number of fused-ring (bicyclic) bond motifs is 2. The number of nitrogen functional groups attached to an aromatic ring is 1. The number of hydrogen-bond acceptors (Lipinski definition) is 13. The van der Waals surface area contributed by atoms with Gasteiger partial charge in [0.05, 0.1) is 40.4 Å². The lowest BCUT2D eigenvalue weighted by atomic mass is 9.89. The number of nitrogens with zero attached hydrogens (tertiary/aromatic N) is 6. The number of hydrogen-bond donors (Lipinski definition) is 3. The number of aromatic nitrogens is 3. The second-order valence-corrected chi connectivity index (χ2v) is 15.8. The van der Waals surface area contributed by atoms with Gasteiger partial charge in [0.2, 0.25) is 5.91 Å². The van der Waals surface area contributed by atoms with Crippen LogP contribution in [0.3, 0.4) is 0 Å². The molecule has 52 heavy (non-hydrogen) atoms. The summed E-state index contributed by atoms with van der Waals surface area (Å²) in [6.07, 6.45) is 7.91. The number of carbonyl (C=O) groups excluding carboxylic acids is 3. The number of rotatable bonds is 11. The topological polar surface area (TPSA) is 211 Å². The van der Waals surface area contributed by atoms with Gasteiger partial charge in [0, 0.05) is 58.9 Å². The lowest BCUT2D eigenvalue weighted by Gasteiger charge is -2.50. The van der Waals surface area contributed by atoms with Crippen molar-refractivity contribution in [3.05, 3.63) is 73.9 Å². The van der Waals surface area contributed by atoms with E-state index in [-0.39, 0.29) is 46.0 Å². The minimum atomic E-state index is -1.44. The summed E-state index contributed by atoms with van der Waals surface area (Å²) in [6.45, 7) is 2.55. The van der Waals surface area contributed by atoms with Crippen LogP contribution < -0.4 is 15.4 Å². The fraction of sp³-hybridized carbons (Fsp3) is 0.333. The van der Waals surface area contributed by atoms with E-state index in [9.17, 15) is 19.5 Å². The van der Waals surface area contributed by atoms with Crippen LogP contribution in [0.25, 0.3) is 10.9 Å². The van der Waals surface area contributed by atoms with Gasteiger partial charge in [0.1, 0.15) is 23.0 Å². The fourth-order valence-corrected chi connectivity index (χ4v) is 9.73. The number of likely N-dealkylation sites (tertiary alicyclic amines) is 1. The maximum Gasteiger partial charge on any atom is 0.290 e. The molecule has 0 saturated carbocycles. The zero-order chi connectivity index (χ0) is 37.1. The maximum atomic E-state index is 13.3. The number of amides is 1. The smallest absolute Gasteiger partial charge is 0.290 e. The Bertz CT molecular complexity index is 2120. The summed E-state index contributed by atoms with van der Waals surface area (Å²) in [5.41, 5.74) is 8.02. The molecule has 4 N–H and O–H groups in total. The van der Waals surface area contributed by atoms with E-state index >= 15 is 0 Å². The van der Waals surface area contributed by atoms with E-state index in [1.54, 1.807) is 11.3 Å². The van der Waals surface area contributed by atoms with Crippen LogP contribution in [0.1, 0.15) is 35.4 Å². The molecule has 3 aliphatic heterocycles. The van der Waals surface area contributed by atoms with Crippen LogP contribution in [0.4, 0.5) is 5.13 Å². The van der Waals surface area contributed by atoms with E-state index in [1.807, 2.05) is 35.3 Å². The van der Waals surface area contributed by atoms with Gasteiger partial charge in [0.15, 0.2) is 35.6 Å². The van der Waals surface area contributed by atoms with Gasteiger partial charge in [-0.2, -0.15) is 0 Å². The Morgan fingerprint density at radius 1 is 1.31 bits per heavy atom. The Balaban J connectivity index is 0.00000150. The number of thiazole rings is 1. The lowest BCUT2D eigenvalue weighted by molar-refractivity contribution is -0.687. The van der Waals surface area contributed by atoms with Gasteiger partial charge >= 0.3 is 0 Å². The summed E-state index contributed by atoms with van der Waals surface area (Å²) >= 11 is 10.2. The van der Waals surface area contributed by atoms with Crippen LogP contribution in [-0.4, -0.2) is 91.5 Å². The van der Waals surface area contributed by atoms with Crippen LogP contribution in [0.5, 0.6) is 0 Å². The third-order valence-electron chi connectivity index (χ3n) is 8.85. The van der Waals surface area contributed by atoms with E-state index in [4.69, 9.17) is 37.5 Å². The second-order valence-electron chi connectivity index (χ2n) is 12.0. The Labute approximate surface area is 314 Å². The first kappa shape index (κ1) is 37.0. The van der Waals surface area contributed by atoms with Crippen LogP contribution >= 0.6 is 46.0 Å². The summed E-state index contributed by atoms with van der Waals surface area (Å²) in [4.78, 5) is 60.8. The van der Waals surface area contributed by atoms with Gasteiger partial charge < -0.3 is 35.0 Å². The van der Waals surface area contributed by atoms with Gasteiger partial charge in [0.25, 0.3) is 6.47 Å². The molecule has 3 aliphatic rings. The molecular formula is C33H33ClN8O7S3. The van der Waals surface area contributed by atoms with Crippen molar-refractivity contribution in [2.45, 2.75) is 37.7 Å². The number of carboxylic acid groups (broad SMARTS) is 2. The number of thiophene rings is 1. The highest BCUT2D eigenvalue weighted by molar-refractivity contribution is 8.00. The van der Waals surface area contributed by atoms with Crippen molar-refractivity contribution in [2.75, 3.05) is 31.7 Å². The van der Waals surface area contributed by atoms with Gasteiger partial charge in [-0.15, -0.1) is 23.1 Å². The number of aliphatic carboxylic acids is 1. The van der Waals surface area contributed by atoms with Crippen molar-refractivity contribution < 1.29 is 38.8 Å². The van der Waals surface area contributed by atoms with E-state index in [0.29, 0.717) is 23.7 Å². The number of carbonyl (C=O) groups is 4. The lowest BCUT2D eigenvalue weighted by Crippen LogP contribution is -2.63. The Kier molecular flexibility index (Phi) is 11.3. The molecule has 4 aromatic heterocycles. The van der Waals surface area contributed by atoms with Crippen molar-refractivity contribution in [3.8, 4) is 0 Å². The summed E-state index contributed by atoms with van der Waals surface area (Å²) < 4.78 is 4.22. The SMILES string of the molecule is CO/N=C(\C(=O)C[C@@H]1C(=O)N2C(C(=O)[O-])=C(C[n+]3ccc4c(ccn4Cc4cc(C(=N)N5CCCC5)cs4)c3)CS[C@H]12)c1nc(N)sc1Cl.O=CO. The Hall–Kier alpha value is -4.78. The van der Waals surface area contributed by atoms with Crippen molar-refractivity contribution in [1.82, 2.24) is 19.4 Å². The minimum absolute atomic E-state index is 0.0767. The normalized spacial score (nSPS) is 18.5. The molecule has 2 fully saturated rings. The maximum absolute atomic E-state index is 13.3. The molecule has 0 bridgehead atoms. The summed E-state index contributed by atoms with van der Waals surface area (Å²) in [5.74, 6) is -2.27. The summed E-state index contributed by atoms with van der Waals surface area (Å²) in [6, 6.07) is 6.10. The monoisotopic (exact) mass is 784 g/mol. The van der Waals surface area contributed by atoms with Gasteiger partial charge in [-0.1, -0.05) is 28.1 Å². The van der Waals surface area contributed by atoms with Gasteiger partial charge in [-0.3, -0.25) is 24.7 Å². The van der Waals surface area contributed by atoms with E-state index < -0.39 is 29.0 Å². The molecule has 0 spiro atoms. The molecule has 0 aliphatic carbocycles. The molecule has 2 saturated heterocycles. The Morgan fingerprint density at radius 2 is 2.06 bits per heavy atom. The number of thioether (sulfide) groups is 1. The molecule has 0 radical (unpaired) electrons. The summed E-state index contributed by atoms with van der Waals surface area (Å²) in [5, 5.41) is 34.3. The number of pyridine rings is 1. The summed E-state index contributed by atoms with van der Waals surface area (Å²) in [7, 11) is 1.28. The number of anilines is 1. The molecule has 7 rings (SSSR count). The number of ketones is 1. The third kappa shape index (κ3) is 7.41. The highest BCUT2D eigenvalue weighted by atomic mass is 35.5. The second kappa shape index (κ2) is 15.9. The first-order chi connectivity index (χ1) is 25.0. The van der Waals surface area contributed by atoms with E-state index in [0.717, 1.165) is 58.6 Å². The molecule has 272 valence electrons. The van der Waals surface area contributed by atoms with Crippen LogP contribution in [0.15, 0.2) is 58.6 Å². The van der Waals surface area contributed by atoms with Gasteiger partial charge in [-0.05, 0) is 25.0 Å². The average Bonchev–Trinajstić information content (AvgIpc) is 3.94. The molecule has 1 amide bonds. The number of halogens is 1. The first-order valence-electron chi connectivity index (χ1n) is 16.0. The fourth-order valence-electron chi connectivity index (χ4n) is 6.53. The van der Waals surface area contributed by atoms with E-state index in [1.165, 1.54) is 23.8 Å². The molecule has 2 atom stereocenters. The predicted molar refractivity (Wildman–Crippen MR) is 195 cm³/mol. The third-order valence-corrected chi connectivity index (χ3v) is 12.2. The van der Waals surface area contributed by atoms with Crippen LogP contribution in [0, 0.1) is 11.3 Å². The number of oxime groups is 1. The number of Topliss-reactive ketones (excluding diaryl/α,β-unsaturated/α-hetero) is 1. The number of carboxylic acids is 1. The van der Waals surface area contributed by atoms with Crippen molar-refractivity contribution in [3.63, 3.8) is 0 Å². The molecular weight excluding hydrogens is 752 g/mol. The van der Waals surface area contributed by atoms with Crippen molar-refractivity contribution >= 4 is 97.8 Å². The molecule has 15 nitrogen and oxygen atoms in total. The molecule has 0 aromatic carbocycles. The largest absolute Gasteiger partial charge is 0.543 e. The minimum Gasteiger partial charge on any atom is -0.543 e. The zero-order valence-corrected chi connectivity index (χ0v) is 30.9. The first-order valence-corrected chi connectivity index (χ1v) is 19.1. The molecule has 7 heterocycles. The number of nitrogens with one attached hydrogen (secondary N) is 1. The van der Waals surface area contributed by atoms with E-state index in [2.05, 4.69) is 31.1 Å². The van der Waals surface area contributed by atoms with Crippen LogP contribution in [-0.2, 0) is 37.1 Å². The van der Waals surface area contributed by atoms with Crippen LogP contribution in [0.2, 0.25) is 4.34 Å². The van der Waals surface area contributed by atoms with Crippen molar-refractivity contribution in [1.29, 1.82) is 5.41 Å².